The first-order chi connectivity index (χ1) is 18.1. The number of primary amides is 1. The number of hydrogen-bond acceptors (Lipinski definition) is 6. The number of carbonyl (C=O) groups excluding carboxylic acids is 4. The molecular weight excluding hydrogens is 482 g/mol. The van der Waals surface area contributed by atoms with Gasteiger partial charge in [-0.05, 0) is 49.1 Å². The van der Waals surface area contributed by atoms with Gasteiger partial charge in [-0.15, -0.1) is 0 Å². The maximum absolute atomic E-state index is 13.3. The normalized spacial score (nSPS) is 12.3. The second-order valence-electron chi connectivity index (χ2n) is 9.53. The lowest BCUT2D eigenvalue weighted by molar-refractivity contribution is -0.138. The molecule has 3 aromatic rings. The van der Waals surface area contributed by atoms with Crippen molar-refractivity contribution in [2.24, 2.45) is 11.7 Å². The minimum absolute atomic E-state index is 0.0458. The number of carbonyl (C=O) groups is 4. The van der Waals surface area contributed by atoms with E-state index in [4.69, 9.17) is 5.73 Å². The van der Waals surface area contributed by atoms with Gasteiger partial charge in [-0.1, -0.05) is 61.9 Å². The number of nitrogens with one attached hydrogen (secondary N) is 3. The molecule has 1 aromatic heterocycles. The average molecular weight is 516 g/mol. The van der Waals surface area contributed by atoms with E-state index in [-0.39, 0.29) is 17.9 Å². The number of anilines is 2. The zero-order valence-corrected chi connectivity index (χ0v) is 21.7. The van der Waals surface area contributed by atoms with Crippen LogP contribution in [0, 0.1) is 12.8 Å². The Labute approximate surface area is 222 Å². The van der Waals surface area contributed by atoms with Gasteiger partial charge in [0.25, 0.3) is 11.8 Å². The molecule has 5 N–H and O–H groups in total. The van der Waals surface area contributed by atoms with E-state index in [0.29, 0.717) is 12.2 Å². The van der Waals surface area contributed by atoms with Crippen LogP contribution in [0.3, 0.4) is 0 Å². The summed E-state index contributed by atoms with van der Waals surface area (Å²) in [6.07, 6.45) is 1.96. The van der Waals surface area contributed by atoms with Crippen LogP contribution in [0.4, 0.5) is 11.5 Å². The standard InChI is InChI=1S/C29H33N5O4/c1-18(2)16-24(29(38)33-23(25(35)26(30)36)17-20-8-5-4-6-9-20)34-28(37)22-10-7-15-31-27(22)32-21-13-11-19(3)12-14-21/h4-15,18,23-24H,16-17H2,1-3H3,(H2,30,36)(H,31,32)(H,33,38)(H,34,37)/t23-,24-/m0/s1. The van der Waals surface area contributed by atoms with Gasteiger partial charge in [0.15, 0.2) is 0 Å². The molecule has 2 atom stereocenters. The summed E-state index contributed by atoms with van der Waals surface area (Å²) in [4.78, 5) is 55.1. The van der Waals surface area contributed by atoms with Gasteiger partial charge in [0.1, 0.15) is 17.9 Å². The third-order valence-electron chi connectivity index (χ3n) is 5.85. The summed E-state index contributed by atoms with van der Waals surface area (Å²) < 4.78 is 0. The molecule has 0 radical (unpaired) electrons. The van der Waals surface area contributed by atoms with Crippen molar-refractivity contribution in [2.45, 2.75) is 45.7 Å². The summed E-state index contributed by atoms with van der Waals surface area (Å²) in [7, 11) is 0. The summed E-state index contributed by atoms with van der Waals surface area (Å²) in [5.74, 6) is -2.76. The third-order valence-corrected chi connectivity index (χ3v) is 5.85. The summed E-state index contributed by atoms with van der Waals surface area (Å²) in [6.45, 7) is 5.80. The molecule has 0 aliphatic heterocycles. The molecule has 0 bridgehead atoms. The maximum Gasteiger partial charge on any atom is 0.287 e. The highest BCUT2D eigenvalue weighted by molar-refractivity contribution is 6.38. The number of amides is 3. The number of pyridine rings is 1. The number of benzene rings is 2. The molecular formula is C29H33N5O4. The fraction of sp³-hybridized carbons (Fsp3) is 0.276. The molecule has 0 fully saturated rings. The molecule has 1 heterocycles. The van der Waals surface area contributed by atoms with Gasteiger partial charge in [-0.3, -0.25) is 19.2 Å². The van der Waals surface area contributed by atoms with Crippen LogP contribution in [0.5, 0.6) is 0 Å². The Hall–Kier alpha value is -4.53. The second kappa shape index (κ2) is 13.1. The second-order valence-corrected chi connectivity index (χ2v) is 9.53. The zero-order valence-electron chi connectivity index (χ0n) is 21.7. The lowest BCUT2D eigenvalue weighted by atomic mass is 9.99. The quantitative estimate of drug-likeness (QED) is 0.273. The van der Waals surface area contributed by atoms with Crippen LogP contribution in [-0.2, 0) is 20.8 Å². The van der Waals surface area contributed by atoms with Crippen molar-refractivity contribution in [2.75, 3.05) is 5.32 Å². The topological polar surface area (TPSA) is 143 Å². The van der Waals surface area contributed by atoms with E-state index in [0.717, 1.165) is 16.8 Å². The molecule has 0 unspecified atom stereocenters. The first kappa shape index (κ1) is 28.0. The lowest BCUT2D eigenvalue weighted by Crippen LogP contribution is -2.54. The van der Waals surface area contributed by atoms with Crippen molar-refractivity contribution < 1.29 is 19.2 Å². The van der Waals surface area contributed by atoms with Crippen LogP contribution in [0.25, 0.3) is 0 Å². The summed E-state index contributed by atoms with van der Waals surface area (Å²) >= 11 is 0. The predicted octanol–water partition coefficient (Wildman–Crippen LogP) is 3.06. The van der Waals surface area contributed by atoms with Crippen LogP contribution < -0.4 is 21.7 Å². The predicted molar refractivity (Wildman–Crippen MR) is 146 cm³/mol. The van der Waals surface area contributed by atoms with E-state index in [2.05, 4.69) is 20.9 Å². The molecule has 0 saturated heterocycles. The number of hydrogen-bond donors (Lipinski definition) is 4. The van der Waals surface area contributed by atoms with E-state index in [1.165, 1.54) is 0 Å². The molecule has 3 rings (SSSR count). The van der Waals surface area contributed by atoms with E-state index in [9.17, 15) is 19.2 Å². The molecule has 0 aliphatic rings. The number of nitrogens with two attached hydrogens (primary N) is 1. The number of aromatic nitrogens is 1. The largest absolute Gasteiger partial charge is 0.363 e. The van der Waals surface area contributed by atoms with E-state index < -0.39 is 35.6 Å². The number of aryl methyl sites for hydroxylation is 1. The molecule has 9 heteroatoms. The Morgan fingerprint density at radius 2 is 1.55 bits per heavy atom. The van der Waals surface area contributed by atoms with Crippen LogP contribution >= 0.6 is 0 Å². The highest BCUT2D eigenvalue weighted by Gasteiger charge is 2.30. The number of nitrogens with zero attached hydrogens (tertiary/aromatic N) is 1. The van der Waals surface area contributed by atoms with Crippen LogP contribution in [0.1, 0.15) is 41.8 Å². The van der Waals surface area contributed by atoms with Gasteiger partial charge >= 0.3 is 0 Å². The molecule has 3 amide bonds. The van der Waals surface area contributed by atoms with Crippen molar-refractivity contribution in [1.82, 2.24) is 15.6 Å². The van der Waals surface area contributed by atoms with Gasteiger partial charge in [-0.25, -0.2) is 4.98 Å². The average Bonchev–Trinajstić information content (AvgIpc) is 2.89. The Balaban J connectivity index is 1.80. The molecule has 38 heavy (non-hydrogen) atoms. The summed E-state index contributed by atoms with van der Waals surface area (Å²) in [6, 6.07) is 17.7. The summed E-state index contributed by atoms with van der Waals surface area (Å²) in [5, 5.41) is 8.55. The van der Waals surface area contributed by atoms with Crippen LogP contribution in [-0.4, -0.2) is 40.6 Å². The van der Waals surface area contributed by atoms with Crippen molar-refractivity contribution in [3.8, 4) is 0 Å². The van der Waals surface area contributed by atoms with Crippen molar-refractivity contribution in [3.05, 3.63) is 89.6 Å². The Kier molecular flexibility index (Phi) is 9.70. The van der Waals surface area contributed by atoms with Gasteiger partial charge in [0.05, 0.1) is 5.56 Å². The number of Topliss-reactive ketones (excluding diaryl/α,β-unsaturated/α-hetero) is 1. The SMILES string of the molecule is Cc1ccc(Nc2ncccc2C(=O)N[C@@H](CC(C)C)C(=O)N[C@@H](Cc2ccccc2)C(=O)C(N)=O)cc1. The molecule has 0 saturated carbocycles. The Morgan fingerprint density at radius 1 is 0.868 bits per heavy atom. The highest BCUT2D eigenvalue weighted by Crippen LogP contribution is 2.19. The van der Waals surface area contributed by atoms with Crippen molar-refractivity contribution in [3.63, 3.8) is 0 Å². The fourth-order valence-corrected chi connectivity index (χ4v) is 3.90. The molecule has 0 spiro atoms. The highest BCUT2D eigenvalue weighted by atomic mass is 16.2. The van der Waals surface area contributed by atoms with Crippen molar-refractivity contribution in [1.29, 1.82) is 0 Å². The monoisotopic (exact) mass is 515 g/mol. The molecule has 9 nitrogen and oxygen atoms in total. The number of rotatable bonds is 12. The first-order valence-electron chi connectivity index (χ1n) is 12.4. The molecule has 2 aromatic carbocycles. The zero-order chi connectivity index (χ0) is 27.7. The van der Waals surface area contributed by atoms with Gasteiger partial charge < -0.3 is 21.7 Å². The van der Waals surface area contributed by atoms with Gasteiger partial charge in [0, 0.05) is 18.3 Å². The minimum atomic E-state index is -1.16. The molecule has 198 valence electrons. The maximum atomic E-state index is 13.3. The Bertz CT molecular complexity index is 1280. The Morgan fingerprint density at radius 3 is 2.18 bits per heavy atom. The van der Waals surface area contributed by atoms with Gasteiger partial charge in [-0.2, -0.15) is 0 Å². The molecule has 0 aliphatic carbocycles. The lowest BCUT2D eigenvalue weighted by Gasteiger charge is -2.24. The van der Waals surface area contributed by atoms with E-state index in [1.54, 1.807) is 42.6 Å². The first-order valence-corrected chi connectivity index (χ1v) is 12.4. The van der Waals surface area contributed by atoms with Crippen LogP contribution in [0.15, 0.2) is 72.9 Å². The van der Waals surface area contributed by atoms with E-state index in [1.807, 2.05) is 51.1 Å². The van der Waals surface area contributed by atoms with E-state index >= 15 is 0 Å². The minimum Gasteiger partial charge on any atom is -0.363 e. The fourth-order valence-electron chi connectivity index (χ4n) is 3.90. The van der Waals surface area contributed by atoms with Crippen molar-refractivity contribution >= 4 is 35.0 Å². The summed E-state index contributed by atoms with van der Waals surface area (Å²) in [5.41, 5.74) is 8.10. The van der Waals surface area contributed by atoms with Gasteiger partial charge in [0.2, 0.25) is 11.7 Å². The number of ketones is 1. The smallest absolute Gasteiger partial charge is 0.287 e. The van der Waals surface area contributed by atoms with Crippen LogP contribution in [0.2, 0.25) is 0 Å². The third kappa shape index (κ3) is 7.99.